The summed E-state index contributed by atoms with van der Waals surface area (Å²) in [5.41, 5.74) is 2.87. The van der Waals surface area contributed by atoms with Gasteiger partial charge in [0.2, 0.25) is 5.95 Å². The Balaban J connectivity index is 1.41. The van der Waals surface area contributed by atoms with Crippen LogP contribution in [0.25, 0.3) is 10.9 Å². The topological polar surface area (TPSA) is 118 Å². The van der Waals surface area contributed by atoms with E-state index in [4.69, 9.17) is 15.2 Å². The molecule has 0 amide bonds. The molecule has 2 aliphatic rings. The lowest BCUT2D eigenvalue weighted by atomic mass is 9.97. The molecule has 3 atom stereocenters. The molecule has 32 heavy (non-hydrogen) atoms. The van der Waals surface area contributed by atoms with Crippen molar-refractivity contribution >= 4 is 34.2 Å². The van der Waals surface area contributed by atoms with Crippen molar-refractivity contribution in [1.29, 1.82) is 5.26 Å². The molecule has 9 nitrogen and oxygen atoms in total. The molecule has 0 saturated carbocycles. The molecule has 0 unspecified atom stereocenters. The molecule has 166 valence electrons. The summed E-state index contributed by atoms with van der Waals surface area (Å²) in [5.74, 6) is 2.10. The smallest absolute Gasteiger partial charge is 0.225 e. The predicted molar refractivity (Wildman–Crippen MR) is 126 cm³/mol. The Labute approximate surface area is 187 Å². The first-order chi connectivity index (χ1) is 15.6. The highest BCUT2D eigenvalue weighted by molar-refractivity contribution is 5.93. The van der Waals surface area contributed by atoms with Crippen LogP contribution >= 0.6 is 0 Å². The standard InChI is InChI=1S/C23H29N9/c1-14-10-21(31-30-14)28-22-19-7-4-15(25-2)13-20(19)27-23(29-22)26-16-11-17-5-6-18(12-16)32(17)9-3-8-24/h4,7,10,13,16-18,25H,3,5-6,9,11-12H2,1-2H3,(H3,26,27,28,29,30,31)/t16-,17-,18+. The summed E-state index contributed by atoms with van der Waals surface area (Å²) < 4.78 is 0. The van der Waals surface area contributed by atoms with Crippen molar-refractivity contribution < 1.29 is 0 Å². The molecule has 5 rings (SSSR count). The number of hydrogen-bond acceptors (Lipinski definition) is 8. The molecule has 2 saturated heterocycles. The van der Waals surface area contributed by atoms with Gasteiger partial charge in [0.15, 0.2) is 5.82 Å². The third-order valence-electron chi connectivity index (χ3n) is 6.64. The van der Waals surface area contributed by atoms with Crippen LogP contribution in [0.3, 0.4) is 0 Å². The van der Waals surface area contributed by atoms with E-state index in [0.29, 0.717) is 30.5 Å². The summed E-state index contributed by atoms with van der Waals surface area (Å²) in [6.45, 7) is 2.86. The van der Waals surface area contributed by atoms with Gasteiger partial charge in [-0.3, -0.25) is 10.00 Å². The third kappa shape index (κ3) is 4.06. The average Bonchev–Trinajstić information content (AvgIpc) is 3.30. The van der Waals surface area contributed by atoms with Crippen molar-refractivity contribution in [2.24, 2.45) is 0 Å². The monoisotopic (exact) mass is 431 g/mol. The number of rotatable bonds is 7. The van der Waals surface area contributed by atoms with Crippen LogP contribution in [0, 0.1) is 18.3 Å². The van der Waals surface area contributed by atoms with Gasteiger partial charge in [0.05, 0.1) is 11.6 Å². The number of piperidine rings is 1. The van der Waals surface area contributed by atoms with Gasteiger partial charge >= 0.3 is 0 Å². The van der Waals surface area contributed by atoms with E-state index >= 15 is 0 Å². The van der Waals surface area contributed by atoms with Crippen molar-refractivity contribution in [1.82, 2.24) is 25.1 Å². The second kappa shape index (κ2) is 8.63. The lowest BCUT2D eigenvalue weighted by molar-refractivity contribution is 0.135. The van der Waals surface area contributed by atoms with Crippen LogP contribution in [0.4, 0.5) is 23.3 Å². The van der Waals surface area contributed by atoms with Crippen LogP contribution in [0.1, 0.15) is 37.8 Å². The van der Waals surface area contributed by atoms with Gasteiger partial charge < -0.3 is 16.0 Å². The van der Waals surface area contributed by atoms with Crippen molar-refractivity contribution in [2.75, 3.05) is 29.5 Å². The van der Waals surface area contributed by atoms with Crippen LogP contribution in [0.2, 0.25) is 0 Å². The molecule has 9 heteroatoms. The second-order valence-electron chi connectivity index (χ2n) is 8.78. The van der Waals surface area contributed by atoms with Crippen LogP contribution in [-0.4, -0.2) is 56.8 Å². The predicted octanol–water partition coefficient (Wildman–Crippen LogP) is 3.77. The number of nitrogens with zero attached hydrogens (tertiary/aromatic N) is 5. The van der Waals surface area contributed by atoms with E-state index in [2.05, 4.69) is 37.1 Å². The highest BCUT2D eigenvalue weighted by Gasteiger charge is 2.40. The van der Waals surface area contributed by atoms with Crippen LogP contribution in [-0.2, 0) is 0 Å². The molecule has 2 bridgehead atoms. The van der Waals surface area contributed by atoms with Gasteiger partial charge in [-0.1, -0.05) is 0 Å². The molecule has 0 spiro atoms. The van der Waals surface area contributed by atoms with Gasteiger partial charge in [-0.05, 0) is 50.8 Å². The summed E-state index contributed by atoms with van der Waals surface area (Å²) in [7, 11) is 1.91. The van der Waals surface area contributed by atoms with Gasteiger partial charge in [-0.15, -0.1) is 0 Å². The van der Waals surface area contributed by atoms with E-state index in [0.717, 1.165) is 53.3 Å². The summed E-state index contributed by atoms with van der Waals surface area (Å²) >= 11 is 0. The van der Waals surface area contributed by atoms with Crippen LogP contribution in [0.5, 0.6) is 0 Å². The average molecular weight is 432 g/mol. The minimum Gasteiger partial charge on any atom is -0.388 e. The highest BCUT2D eigenvalue weighted by atomic mass is 15.3. The lowest BCUT2D eigenvalue weighted by Gasteiger charge is -2.38. The largest absolute Gasteiger partial charge is 0.388 e. The number of anilines is 4. The molecular formula is C23H29N9. The first-order valence-corrected chi connectivity index (χ1v) is 11.3. The summed E-state index contributed by atoms with van der Waals surface area (Å²) in [4.78, 5) is 12.2. The first-order valence-electron chi connectivity index (χ1n) is 11.3. The fraction of sp³-hybridized carbons (Fsp3) is 0.478. The number of aromatic amines is 1. The van der Waals surface area contributed by atoms with Crippen molar-refractivity contribution in [3.8, 4) is 6.07 Å². The molecule has 1 aromatic carbocycles. The molecule has 2 aliphatic heterocycles. The summed E-state index contributed by atoms with van der Waals surface area (Å²) in [6.07, 6.45) is 5.14. The van der Waals surface area contributed by atoms with E-state index in [1.54, 1.807) is 0 Å². The zero-order chi connectivity index (χ0) is 22.1. The van der Waals surface area contributed by atoms with Gasteiger partial charge in [-0.25, -0.2) is 4.98 Å². The molecule has 0 radical (unpaired) electrons. The van der Waals surface area contributed by atoms with E-state index in [-0.39, 0.29) is 0 Å². The molecule has 3 aromatic rings. The quantitative estimate of drug-likeness (QED) is 0.447. The fourth-order valence-corrected chi connectivity index (χ4v) is 5.17. The number of hydrogen-bond donors (Lipinski definition) is 4. The number of aryl methyl sites for hydroxylation is 1. The van der Waals surface area contributed by atoms with Crippen molar-refractivity contribution in [3.05, 3.63) is 30.0 Å². The van der Waals surface area contributed by atoms with Crippen molar-refractivity contribution in [3.63, 3.8) is 0 Å². The van der Waals surface area contributed by atoms with E-state index in [1.165, 1.54) is 12.8 Å². The maximum atomic E-state index is 8.97. The van der Waals surface area contributed by atoms with E-state index in [9.17, 15) is 0 Å². The normalized spacial score (nSPS) is 22.6. The maximum Gasteiger partial charge on any atom is 0.225 e. The number of nitriles is 1. The Morgan fingerprint density at radius 2 is 2.00 bits per heavy atom. The Bertz CT molecular complexity index is 1130. The summed E-state index contributed by atoms with van der Waals surface area (Å²) in [5, 5.41) is 27.3. The number of H-pyrrole nitrogens is 1. The highest BCUT2D eigenvalue weighted by Crippen LogP contribution is 2.37. The van der Waals surface area contributed by atoms with Gasteiger partial charge in [0.25, 0.3) is 0 Å². The molecule has 0 aliphatic carbocycles. The van der Waals surface area contributed by atoms with Gasteiger partial charge in [-0.2, -0.15) is 15.3 Å². The van der Waals surface area contributed by atoms with Crippen LogP contribution in [0.15, 0.2) is 24.3 Å². The zero-order valence-electron chi connectivity index (χ0n) is 18.5. The third-order valence-corrected chi connectivity index (χ3v) is 6.64. The number of aromatic nitrogens is 4. The van der Waals surface area contributed by atoms with E-state index < -0.39 is 0 Å². The number of fused-ring (bicyclic) bond motifs is 3. The van der Waals surface area contributed by atoms with E-state index in [1.807, 2.05) is 38.2 Å². The fourth-order valence-electron chi connectivity index (χ4n) is 5.17. The molecule has 4 heterocycles. The molecular weight excluding hydrogens is 402 g/mol. The lowest BCUT2D eigenvalue weighted by Crippen LogP contribution is -2.47. The number of nitrogens with one attached hydrogen (secondary N) is 4. The molecule has 2 fully saturated rings. The SMILES string of the molecule is CNc1ccc2c(Nc3cc(C)[nH]n3)nc(N[C@@H]3C[C@H]4CC[C@@H](C3)N4CCC#N)nc2c1. The maximum absolute atomic E-state index is 8.97. The minimum absolute atomic E-state index is 0.330. The van der Waals surface area contributed by atoms with Gasteiger partial charge in [0.1, 0.15) is 5.82 Å². The molecule has 4 N–H and O–H groups in total. The van der Waals surface area contributed by atoms with Crippen LogP contribution < -0.4 is 16.0 Å². The minimum atomic E-state index is 0.330. The second-order valence-corrected chi connectivity index (χ2v) is 8.78. The Hall–Kier alpha value is -3.38. The first kappa shape index (κ1) is 20.5. The Morgan fingerprint density at radius 1 is 1.19 bits per heavy atom. The summed E-state index contributed by atoms with van der Waals surface area (Å²) in [6, 6.07) is 11.8. The van der Waals surface area contributed by atoms with Crippen molar-refractivity contribution in [2.45, 2.75) is 57.2 Å². The van der Waals surface area contributed by atoms with Gasteiger partial charge in [0, 0.05) is 61.0 Å². The Kier molecular flexibility index (Phi) is 5.53. The number of benzene rings is 1. The zero-order valence-corrected chi connectivity index (χ0v) is 18.5. The Morgan fingerprint density at radius 3 is 2.69 bits per heavy atom. The molecule has 2 aromatic heterocycles.